The predicted molar refractivity (Wildman–Crippen MR) is 89.1 cm³/mol. The highest BCUT2D eigenvalue weighted by atomic mass is 15.2. The van der Waals surface area contributed by atoms with Crippen LogP contribution in [0.25, 0.3) is 0 Å². The van der Waals surface area contributed by atoms with Gasteiger partial charge >= 0.3 is 0 Å². The van der Waals surface area contributed by atoms with E-state index >= 15 is 0 Å². The number of benzene rings is 1. The molecule has 2 nitrogen and oxygen atoms in total. The number of hydrogen-bond donors (Lipinski definition) is 1. The molecule has 0 radical (unpaired) electrons. The molecule has 0 amide bonds. The highest BCUT2D eigenvalue weighted by Crippen LogP contribution is 2.24. The molecule has 114 valence electrons. The molecule has 20 heavy (non-hydrogen) atoms. The summed E-state index contributed by atoms with van der Waals surface area (Å²) in [6.07, 6.45) is 1.19. The van der Waals surface area contributed by atoms with Gasteiger partial charge in [0.2, 0.25) is 0 Å². The van der Waals surface area contributed by atoms with Gasteiger partial charge in [0.05, 0.1) is 0 Å². The van der Waals surface area contributed by atoms with Crippen LogP contribution in [0, 0.1) is 0 Å². The van der Waals surface area contributed by atoms with Crippen molar-refractivity contribution in [1.82, 2.24) is 10.2 Å². The molecule has 0 aromatic heterocycles. The molecule has 0 heterocycles. The van der Waals surface area contributed by atoms with E-state index < -0.39 is 0 Å². The molecular weight excluding hydrogens is 244 g/mol. The lowest BCUT2D eigenvalue weighted by Crippen LogP contribution is -2.45. The van der Waals surface area contributed by atoms with Gasteiger partial charge in [-0.15, -0.1) is 0 Å². The van der Waals surface area contributed by atoms with Crippen LogP contribution in [0.1, 0.15) is 59.6 Å². The third-order valence-corrected chi connectivity index (χ3v) is 3.93. The van der Waals surface area contributed by atoms with Gasteiger partial charge in [-0.1, -0.05) is 44.2 Å². The van der Waals surface area contributed by atoms with Crippen molar-refractivity contribution >= 4 is 0 Å². The standard InChI is InChI=1S/C18H32N2/c1-7-15(3)20(8-2)17(14-19-18(4,5)6)16-12-10-9-11-13-16/h9-13,15,17,19H,7-8,14H2,1-6H3. The first-order valence-electron chi connectivity index (χ1n) is 7.94. The fourth-order valence-electron chi connectivity index (χ4n) is 2.58. The van der Waals surface area contributed by atoms with Crippen LogP contribution in [0.5, 0.6) is 0 Å². The monoisotopic (exact) mass is 276 g/mol. The average Bonchev–Trinajstić information content (AvgIpc) is 2.42. The molecule has 0 bridgehead atoms. The summed E-state index contributed by atoms with van der Waals surface area (Å²) in [6, 6.07) is 11.9. The maximum absolute atomic E-state index is 3.67. The summed E-state index contributed by atoms with van der Waals surface area (Å²) in [5, 5.41) is 3.67. The van der Waals surface area contributed by atoms with Crippen molar-refractivity contribution in [2.75, 3.05) is 13.1 Å². The van der Waals surface area contributed by atoms with Gasteiger partial charge in [-0.3, -0.25) is 4.90 Å². The van der Waals surface area contributed by atoms with Crippen LogP contribution in [0.3, 0.4) is 0 Å². The summed E-state index contributed by atoms with van der Waals surface area (Å²) in [5.41, 5.74) is 1.56. The Morgan fingerprint density at radius 1 is 1.10 bits per heavy atom. The van der Waals surface area contributed by atoms with E-state index in [0.717, 1.165) is 13.1 Å². The Kier molecular flexibility index (Phi) is 6.70. The molecule has 1 rings (SSSR count). The second-order valence-corrected chi connectivity index (χ2v) is 6.65. The molecule has 0 fully saturated rings. The summed E-state index contributed by atoms with van der Waals surface area (Å²) in [5.74, 6) is 0. The highest BCUT2D eigenvalue weighted by Gasteiger charge is 2.24. The van der Waals surface area contributed by atoms with E-state index in [2.05, 4.69) is 82.1 Å². The maximum atomic E-state index is 3.67. The van der Waals surface area contributed by atoms with Crippen molar-refractivity contribution < 1.29 is 0 Å². The lowest BCUT2D eigenvalue weighted by molar-refractivity contribution is 0.139. The molecule has 2 atom stereocenters. The lowest BCUT2D eigenvalue weighted by Gasteiger charge is -2.37. The molecule has 0 spiro atoms. The molecule has 1 N–H and O–H groups in total. The molecule has 0 aliphatic heterocycles. The zero-order valence-corrected chi connectivity index (χ0v) is 14.1. The van der Waals surface area contributed by atoms with Crippen molar-refractivity contribution in [3.05, 3.63) is 35.9 Å². The van der Waals surface area contributed by atoms with Crippen molar-refractivity contribution in [2.24, 2.45) is 0 Å². The third kappa shape index (κ3) is 5.26. The van der Waals surface area contributed by atoms with Gasteiger partial charge in [0.1, 0.15) is 0 Å². The Morgan fingerprint density at radius 2 is 1.70 bits per heavy atom. The van der Waals surface area contributed by atoms with Crippen LogP contribution in [0.4, 0.5) is 0 Å². The molecule has 0 aliphatic carbocycles. The Balaban J connectivity index is 2.94. The minimum atomic E-state index is 0.155. The van der Waals surface area contributed by atoms with E-state index in [-0.39, 0.29) is 5.54 Å². The minimum absolute atomic E-state index is 0.155. The SMILES string of the molecule is CCC(C)N(CC)C(CNC(C)(C)C)c1ccccc1. The number of nitrogens with zero attached hydrogens (tertiary/aromatic N) is 1. The third-order valence-electron chi connectivity index (χ3n) is 3.93. The summed E-state index contributed by atoms with van der Waals surface area (Å²) in [4.78, 5) is 2.61. The van der Waals surface area contributed by atoms with Crippen LogP contribution in [-0.2, 0) is 0 Å². The smallest absolute Gasteiger partial charge is 0.0475 e. The largest absolute Gasteiger partial charge is 0.310 e. The number of nitrogens with one attached hydrogen (secondary N) is 1. The summed E-state index contributed by atoms with van der Waals surface area (Å²) in [7, 11) is 0. The van der Waals surface area contributed by atoms with Gasteiger partial charge in [0, 0.05) is 24.2 Å². The van der Waals surface area contributed by atoms with Gasteiger partial charge in [-0.2, -0.15) is 0 Å². The van der Waals surface area contributed by atoms with E-state index in [4.69, 9.17) is 0 Å². The topological polar surface area (TPSA) is 15.3 Å². The predicted octanol–water partition coefficient (Wildman–Crippen LogP) is 4.24. The molecule has 0 aliphatic rings. The first-order chi connectivity index (χ1) is 9.39. The average molecular weight is 276 g/mol. The van der Waals surface area contributed by atoms with Crippen LogP contribution < -0.4 is 5.32 Å². The first-order valence-corrected chi connectivity index (χ1v) is 7.94. The Labute approximate surface area is 125 Å². The molecule has 1 aromatic carbocycles. The van der Waals surface area contributed by atoms with Crippen molar-refractivity contribution in [3.8, 4) is 0 Å². The van der Waals surface area contributed by atoms with E-state index in [9.17, 15) is 0 Å². The molecule has 2 heteroatoms. The van der Waals surface area contributed by atoms with Gasteiger partial charge in [-0.25, -0.2) is 0 Å². The summed E-state index contributed by atoms with van der Waals surface area (Å²) < 4.78 is 0. The summed E-state index contributed by atoms with van der Waals surface area (Å²) >= 11 is 0. The van der Waals surface area contributed by atoms with Crippen molar-refractivity contribution in [1.29, 1.82) is 0 Å². The minimum Gasteiger partial charge on any atom is -0.310 e. The fraction of sp³-hybridized carbons (Fsp3) is 0.667. The number of rotatable bonds is 7. The maximum Gasteiger partial charge on any atom is 0.0475 e. The first kappa shape index (κ1) is 17.2. The normalized spacial score (nSPS) is 15.3. The van der Waals surface area contributed by atoms with Crippen LogP contribution in [-0.4, -0.2) is 29.6 Å². The summed E-state index contributed by atoms with van der Waals surface area (Å²) in [6.45, 7) is 15.6. The van der Waals surface area contributed by atoms with Crippen molar-refractivity contribution in [3.63, 3.8) is 0 Å². The molecule has 0 saturated carbocycles. The van der Waals surface area contributed by atoms with E-state index in [1.54, 1.807) is 0 Å². The Bertz CT molecular complexity index is 367. The van der Waals surface area contributed by atoms with Gasteiger partial charge in [-0.05, 0) is 46.2 Å². The Morgan fingerprint density at radius 3 is 2.15 bits per heavy atom. The molecular formula is C18H32N2. The van der Waals surface area contributed by atoms with E-state index in [0.29, 0.717) is 12.1 Å². The lowest BCUT2D eigenvalue weighted by atomic mass is 10.0. The number of likely N-dealkylation sites (N-methyl/N-ethyl adjacent to an activating group) is 1. The molecule has 1 aromatic rings. The zero-order valence-electron chi connectivity index (χ0n) is 14.1. The van der Waals surface area contributed by atoms with Crippen molar-refractivity contribution in [2.45, 2.75) is 65.6 Å². The second-order valence-electron chi connectivity index (χ2n) is 6.65. The molecule has 2 unspecified atom stereocenters. The molecule has 0 saturated heterocycles. The second kappa shape index (κ2) is 7.80. The van der Waals surface area contributed by atoms with E-state index in [1.807, 2.05) is 0 Å². The van der Waals surface area contributed by atoms with Gasteiger partial charge < -0.3 is 5.32 Å². The van der Waals surface area contributed by atoms with Crippen LogP contribution in [0.15, 0.2) is 30.3 Å². The van der Waals surface area contributed by atoms with Crippen LogP contribution >= 0.6 is 0 Å². The van der Waals surface area contributed by atoms with Crippen LogP contribution in [0.2, 0.25) is 0 Å². The highest BCUT2D eigenvalue weighted by molar-refractivity contribution is 5.20. The Hall–Kier alpha value is -0.860. The fourth-order valence-corrected chi connectivity index (χ4v) is 2.58. The quantitative estimate of drug-likeness (QED) is 0.801. The van der Waals surface area contributed by atoms with Gasteiger partial charge in [0.15, 0.2) is 0 Å². The van der Waals surface area contributed by atoms with E-state index in [1.165, 1.54) is 12.0 Å². The zero-order chi connectivity index (χ0) is 15.2. The van der Waals surface area contributed by atoms with Gasteiger partial charge in [0.25, 0.3) is 0 Å². The number of hydrogen-bond acceptors (Lipinski definition) is 2.